The Labute approximate surface area is 205 Å². The molecule has 0 spiro atoms. The number of amides is 2. The molecule has 4 rings (SSSR count). The van der Waals surface area contributed by atoms with Crippen LogP contribution in [0.5, 0.6) is 5.75 Å². The van der Waals surface area contributed by atoms with Crippen molar-refractivity contribution in [1.82, 2.24) is 10.6 Å². The SMILES string of the molecule is CC(=O)N1c2ccc(C(CN)CNC3CCNCC3)cc2N(C(=O)Oc2ccc(F)cc2)C[C@@H]1C. The van der Waals surface area contributed by atoms with Gasteiger partial charge in [-0.3, -0.25) is 9.69 Å². The predicted molar refractivity (Wildman–Crippen MR) is 135 cm³/mol. The number of piperidine rings is 1. The third-order valence-electron chi connectivity index (χ3n) is 6.76. The number of carbonyl (C=O) groups excluding carboxylic acids is 2. The summed E-state index contributed by atoms with van der Waals surface area (Å²) in [7, 11) is 0. The lowest BCUT2D eigenvalue weighted by Crippen LogP contribution is -2.52. The molecule has 188 valence electrons. The van der Waals surface area contributed by atoms with Crippen LogP contribution in [0.15, 0.2) is 42.5 Å². The smallest absolute Gasteiger partial charge is 0.410 e. The molecule has 2 aliphatic heterocycles. The molecule has 2 heterocycles. The van der Waals surface area contributed by atoms with Crippen LogP contribution < -0.4 is 30.9 Å². The van der Waals surface area contributed by atoms with Crippen molar-refractivity contribution in [1.29, 1.82) is 0 Å². The first kappa shape index (κ1) is 25.1. The molecule has 9 heteroatoms. The lowest BCUT2D eigenvalue weighted by molar-refractivity contribution is -0.117. The predicted octanol–water partition coefficient (Wildman–Crippen LogP) is 2.97. The molecule has 2 amide bonds. The number of nitrogens with two attached hydrogens (primary N) is 1. The standard InChI is InChI=1S/C26H34FN5O3/c1-17-16-31(26(34)35-23-6-4-21(27)5-7-23)25-13-19(3-8-24(25)32(17)18(2)33)20(14-28)15-30-22-9-11-29-12-10-22/h3-8,13,17,20,22,29-30H,9-12,14-16,28H2,1-2H3/t17-,20?/m0/s1. The second-order valence-corrected chi connectivity index (χ2v) is 9.28. The Balaban J connectivity index is 1.60. The van der Waals surface area contributed by atoms with E-state index in [4.69, 9.17) is 10.5 Å². The topological polar surface area (TPSA) is 99.9 Å². The van der Waals surface area contributed by atoms with Crippen LogP contribution in [0.25, 0.3) is 0 Å². The van der Waals surface area contributed by atoms with Crippen molar-refractivity contribution in [2.24, 2.45) is 5.73 Å². The van der Waals surface area contributed by atoms with Crippen LogP contribution >= 0.6 is 0 Å². The normalized spacial score (nSPS) is 19.3. The van der Waals surface area contributed by atoms with Crippen molar-refractivity contribution in [2.75, 3.05) is 42.5 Å². The van der Waals surface area contributed by atoms with Gasteiger partial charge in [-0.1, -0.05) is 6.07 Å². The summed E-state index contributed by atoms with van der Waals surface area (Å²) in [6.07, 6.45) is 1.58. The van der Waals surface area contributed by atoms with E-state index in [0.29, 0.717) is 24.0 Å². The summed E-state index contributed by atoms with van der Waals surface area (Å²) in [5, 5.41) is 7.01. The summed E-state index contributed by atoms with van der Waals surface area (Å²) >= 11 is 0. The van der Waals surface area contributed by atoms with Crippen LogP contribution in [-0.2, 0) is 4.79 Å². The third-order valence-corrected chi connectivity index (χ3v) is 6.76. The van der Waals surface area contributed by atoms with Gasteiger partial charge in [-0.25, -0.2) is 9.18 Å². The van der Waals surface area contributed by atoms with Gasteiger partial charge in [0.1, 0.15) is 11.6 Å². The molecule has 2 aliphatic rings. The van der Waals surface area contributed by atoms with Gasteiger partial charge in [0.2, 0.25) is 5.91 Å². The van der Waals surface area contributed by atoms with Gasteiger partial charge >= 0.3 is 6.09 Å². The molecular weight excluding hydrogens is 449 g/mol. The summed E-state index contributed by atoms with van der Waals surface area (Å²) < 4.78 is 18.8. The Morgan fingerprint density at radius 3 is 2.54 bits per heavy atom. The van der Waals surface area contributed by atoms with Crippen LogP contribution in [0.1, 0.15) is 38.2 Å². The van der Waals surface area contributed by atoms with Crippen molar-refractivity contribution in [3.8, 4) is 5.75 Å². The summed E-state index contributed by atoms with van der Waals surface area (Å²) in [5.74, 6) is -0.201. The molecule has 2 aromatic carbocycles. The van der Waals surface area contributed by atoms with E-state index >= 15 is 0 Å². The van der Waals surface area contributed by atoms with E-state index in [-0.39, 0.29) is 30.2 Å². The summed E-state index contributed by atoms with van der Waals surface area (Å²) in [5.41, 5.74) is 8.39. The van der Waals surface area contributed by atoms with E-state index in [9.17, 15) is 14.0 Å². The van der Waals surface area contributed by atoms with Gasteiger partial charge in [-0.15, -0.1) is 0 Å². The fourth-order valence-corrected chi connectivity index (χ4v) is 4.88. The molecule has 0 aliphatic carbocycles. The van der Waals surface area contributed by atoms with E-state index < -0.39 is 11.9 Å². The molecule has 8 nitrogen and oxygen atoms in total. The highest BCUT2D eigenvalue weighted by Crippen LogP contribution is 2.38. The zero-order valence-electron chi connectivity index (χ0n) is 20.3. The summed E-state index contributed by atoms with van der Waals surface area (Å²) in [6.45, 7) is 6.88. The molecule has 2 aromatic rings. The second kappa shape index (κ2) is 11.2. The van der Waals surface area contributed by atoms with Crippen molar-refractivity contribution >= 4 is 23.4 Å². The number of hydrogen-bond acceptors (Lipinski definition) is 6. The molecule has 1 unspecified atom stereocenters. The minimum absolute atomic E-state index is 0.0512. The highest BCUT2D eigenvalue weighted by molar-refractivity contribution is 6.02. The first-order valence-corrected chi connectivity index (χ1v) is 12.2. The van der Waals surface area contributed by atoms with Gasteiger partial charge in [0, 0.05) is 38.5 Å². The fraction of sp³-hybridized carbons (Fsp3) is 0.462. The summed E-state index contributed by atoms with van der Waals surface area (Å²) in [4.78, 5) is 28.9. The average molecular weight is 484 g/mol. The van der Waals surface area contributed by atoms with Crippen LogP contribution in [0.2, 0.25) is 0 Å². The van der Waals surface area contributed by atoms with Crippen LogP contribution in [0.4, 0.5) is 20.6 Å². The monoisotopic (exact) mass is 483 g/mol. The molecule has 0 bridgehead atoms. The Hall–Kier alpha value is -3.01. The zero-order valence-corrected chi connectivity index (χ0v) is 20.3. The maximum atomic E-state index is 13.3. The van der Waals surface area contributed by atoms with Gasteiger partial charge in [0.15, 0.2) is 0 Å². The van der Waals surface area contributed by atoms with Gasteiger partial charge in [-0.2, -0.15) is 0 Å². The Bertz CT molecular complexity index is 1040. The molecule has 35 heavy (non-hydrogen) atoms. The first-order valence-electron chi connectivity index (χ1n) is 12.2. The molecule has 0 aromatic heterocycles. The highest BCUT2D eigenvalue weighted by Gasteiger charge is 2.35. The molecule has 0 radical (unpaired) electrons. The highest BCUT2D eigenvalue weighted by atomic mass is 19.1. The van der Waals surface area contributed by atoms with Crippen LogP contribution in [0, 0.1) is 5.82 Å². The van der Waals surface area contributed by atoms with E-state index in [1.807, 2.05) is 25.1 Å². The minimum atomic E-state index is -0.581. The van der Waals surface area contributed by atoms with Crippen LogP contribution in [-0.4, -0.2) is 56.8 Å². The maximum absolute atomic E-state index is 13.3. The number of nitrogens with one attached hydrogen (secondary N) is 2. The number of halogens is 1. The largest absolute Gasteiger partial charge is 0.419 e. The molecule has 1 saturated heterocycles. The quantitative estimate of drug-likeness (QED) is 0.584. The minimum Gasteiger partial charge on any atom is -0.410 e. The van der Waals surface area contributed by atoms with E-state index in [0.717, 1.165) is 38.0 Å². The molecule has 4 N–H and O–H groups in total. The Morgan fingerprint density at radius 1 is 1.17 bits per heavy atom. The Kier molecular flexibility index (Phi) is 8.00. The first-order chi connectivity index (χ1) is 16.9. The summed E-state index contributed by atoms with van der Waals surface area (Å²) in [6, 6.07) is 11.3. The lowest BCUT2D eigenvalue weighted by Gasteiger charge is -2.40. The van der Waals surface area contributed by atoms with Gasteiger partial charge in [0.05, 0.1) is 17.4 Å². The Morgan fingerprint density at radius 2 is 1.89 bits per heavy atom. The number of rotatable bonds is 6. The van der Waals surface area contributed by atoms with Crippen LogP contribution in [0.3, 0.4) is 0 Å². The third kappa shape index (κ3) is 5.80. The van der Waals surface area contributed by atoms with Gasteiger partial charge < -0.3 is 26.0 Å². The number of fused-ring (bicyclic) bond motifs is 1. The fourth-order valence-electron chi connectivity index (χ4n) is 4.88. The van der Waals surface area contributed by atoms with E-state index in [2.05, 4.69) is 10.6 Å². The lowest BCUT2D eigenvalue weighted by atomic mass is 9.95. The number of ether oxygens (including phenoxy) is 1. The van der Waals surface area contributed by atoms with E-state index in [1.165, 1.54) is 31.2 Å². The number of nitrogens with zero attached hydrogens (tertiary/aromatic N) is 2. The average Bonchev–Trinajstić information content (AvgIpc) is 2.85. The number of benzene rings is 2. The molecule has 2 atom stereocenters. The van der Waals surface area contributed by atoms with Gasteiger partial charge in [-0.05, 0) is 74.8 Å². The zero-order chi connectivity index (χ0) is 24.9. The number of anilines is 2. The second-order valence-electron chi connectivity index (χ2n) is 9.28. The number of hydrogen-bond donors (Lipinski definition) is 3. The van der Waals surface area contributed by atoms with Crippen molar-refractivity contribution in [3.63, 3.8) is 0 Å². The molecule has 1 fully saturated rings. The maximum Gasteiger partial charge on any atom is 0.419 e. The number of carbonyl (C=O) groups is 2. The van der Waals surface area contributed by atoms with Crippen molar-refractivity contribution in [3.05, 3.63) is 53.8 Å². The molecular formula is C26H34FN5O3. The van der Waals surface area contributed by atoms with E-state index in [1.54, 1.807) is 9.80 Å². The molecule has 0 saturated carbocycles. The van der Waals surface area contributed by atoms with Gasteiger partial charge in [0.25, 0.3) is 0 Å². The van der Waals surface area contributed by atoms with Crippen molar-refractivity contribution < 1.29 is 18.7 Å². The van der Waals surface area contributed by atoms with Crippen molar-refractivity contribution in [2.45, 2.75) is 44.7 Å².